The molecule has 1 amide bonds. The summed E-state index contributed by atoms with van der Waals surface area (Å²) in [5.41, 5.74) is 7.73. The minimum atomic E-state index is -4.52. The summed E-state index contributed by atoms with van der Waals surface area (Å²) in [5, 5.41) is 3.42. The molecular weight excluding hydrogens is 301 g/mol. The fourth-order valence-corrected chi connectivity index (χ4v) is 2.39. The lowest BCUT2D eigenvalue weighted by Gasteiger charge is -2.19. The van der Waals surface area contributed by atoms with Gasteiger partial charge >= 0.3 is 6.18 Å². The Morgan fingerprint density at radius 1 is 1.50 bits per heavy atom. The topological polar surface area (TPSA) is 78.3 Å². The van der Waals surface area contributed by atoms with Crippen LogP contribution in [0.15, 0.2) is 23.3 Å². The van der Waals surface area contributed by atoms with Gasteiger partial charge in [0, 0.05) is 36.2 Å². The minimum Gasteiger partial charge on any atom is -0.496 e. The highest BCUT2D eigenvalue weighted by atomic mass is 19.4. The molecule has 1 aromatic rings. The Balaban J connectivity index is 2.26. The number of alkyl halides is 3. The SMILES string of the molecule is COc1cc(N2CC(CN=[N+]=[N-])CC2=O)ccc1C(F)(F)F. The van der Waals surface area contributed by atoms with Crippen molar-refractivity contribution in [1.29, 1.82) is 0 Å². The summed E-state index contributed by atoms with van der Waals surface area (Å²) >= 11 is 0. The zero-order valence-electron chi connectivity index (χ0n) is 11.7. The van der Waals surface area contributed by atoms with E-state index in [1.165, 1.54) is 17.0 Å². The molecule has 9 heteroatoms. The van der Waals surface area contributed by atoms with Gasteiger partial charge in [-0.1, -0.05) is 5.11 Å². The molecule has 1 unspecified atom stereocenters. The minimum absolute atomic E-state index is 0.142. The second-order valence-electron chi connectivity index (χ2n) is 4.87. The normalized spacial score (nSPS) is 18.3. The highest BCUT2D eigenvalue weighted by Gasteiger charge is 2.36. The maximum absolute atomic E-state index is 12.8. The number of carbonyl (C=O) groups is 1. The molecule has 1 atom stereocenters. The molecule has 0 radical (unpaired) electrons. The molecule has 1 aliphatic heterocycles. The van der Waals surface area contributed by atoms with Gasteiger partial charge in [-0.15, -0.1) is 0 Å². The molecule has 0 aromatic heterocycles. The molecule has 0 aliphatic carbocycles. The number of halogens is 3. The van der Waals surface area contributed by atoms with Gasteiger partial charge in [-0.2, -0.15) is 13.2 Å². The number of hydrogen-bond donors (Lipinski definition) is 0. The number of hydrogen-bond acceptors (Lipinski definition) is 3. The van der Waals surface area contributed by atoms with Crippen molar-refractivity contribution in [2.24, 2.45) is 11.0 Å². The molecule has 1 heterocycles. The first-order valence-electron chi connectivity index (χ1n) is 6.43. The summed E-state index contributed by atoms with van der Waals surface area (Å²) < 4.78 is 43.2. The van der Waals surface area contributed by atoms with Crippen molar-refractivity contribution in [1.82, 2.24) is 0 Å². The van der Waals surface area contributed by atoms with E-state index in [0.717, 1.165) is 13.2 Å². The second-order valence-corrected chi connectivity index (χ2v) is 4.87. The second kappa shape index (κ2) is 6.15. The van der Waals surface area contributed by atoms with Crippen molar-refractivity contribution >= 4 is 11.6 Å². The maximum atomic E-state index is 12.8. The summed E-state index contributed by atoms with van der Waals surface area (Å²) in [5.74, 6) is -0.701. The molecule has 6 nitrogen and oxygen atoms in total. The van der Waals surface area contributed by atoms with Gasteiger partial charge in [0.05, 0.1) is 12.7 Å². The zero-order chi connectivity index (χ0) is 16.3. The number of amides is 1. The number of benzene rings is 1. The van der Waals surface area contributed by atoms with Crippen LogP contribution < -0.4 is 9.64 Å². The summed E-state index contributed by atoms with van der Waals surface area (Å²) in [6, 6.07) is 3.32. The smallest absolute Gasteiger partial charge is 0.419 e. The van der Waals surface area contributed by atoms with E-state index in [0.29, 0.717) is 12.2 Å². The summed E-state index contributed by atoms with van der Waals surface area (Å²) in [4.78, 5) is 16.0. The molecule has 22 heavy (non-hydrogen) atoms. The quantitative estimate of drug-likeness (QED) is 0.485. The third-order valence-corrected chi connectivity index (χ3v) is 3.41. The molecule has 118 valence electrons. The summed E-state index contributed by atoms with van der Waals surface area (Å²) in [7, 11) is 1.14. The Labute approximate surface area is 124 Å². The van der Waals surface area contributed by atoms with Crippen LogP contribution in [0.1, 0.15) is 12.0 Å². The first-order valence-corrected chi connectivity index (χ1v) is 6.43. The molecule has 0 spiro atoms. The van der Waals surface area contributed by atoms with Crippen LogP contribution in [0.5, 0.6) is 5.75 Å². The molecule has 1 saturated heterocycles. The molecule has 1 fully saturated rings. The Kier molecular flexibility index (Phi) is 4.46. The Bertz CT molecular complexity index is 626. The summed E-state index contributed by atoms with van der Waals surface area (Å²) in [6.45, 7) is 0.475. The molecule has 1 aliphatic rings. The van der Waals surface area contributed by atoms with Gasteiger partial charge in [-0.25, -0.2) is 0 Å². The monoisotopic (exact) mass is 314 g/mol. The van der Waals surface area contributed by atoms with E-state index < -0.39 is 11.7 Å². The fraction of sp³-hybridized carbons (Fsp3) is 0.462. The predicted octanol–water partition coefficient (Wildman–Crippen LogP) is 3.38. The van der Waals surface area contributed by atoms with E-state index in [1.54, 1.807) is 0 Å². The van der Waals surface area contributed by atoms with Crippen LogP contribution in [-0.2, 0) is 11.0 Å². The third kappa shape index (κ3) is 3.25. The summed E-state index contributed by atoms with van der Waals surface area (Å²) in [6.07, 6.45) is -4.33. The first kappa shape index (κ1) is 16.0. The standard InChI is InChI=1S/C13H13F3N4O2/c1-22-11-5-9(2-3-10(11)13(14,15)16)20-7-8(4-12(20)21)6-18-19-17/h2-3,5,8H,4,6-7H2,1H3. The van der Waals surface area contributed by atoms with Crippen LogP contribution in [0.2, 0.25) is 0 Å². The highest BCUT2D eigenvalue weighted by Crippen LogP contribution is 2.39. The van der Waals surface area contributed by atoms with Gasteiger partial charge in [-0.3, -0.25) is 4.79 Å². The van der Waals surface area contributed by atoms with Gasteiger partial charge in [0.2, 0.25) is 5.91 Å². The van der Waals surface area contributed by atoms with Gasteiger partial charge in [0.25, 0.3) is 0 Å². The fourth-order valence-electron chi connectivity index (χ4n) is 2.39. The van der Waals surface area contributed by atoms with Gasteiger partial charge in [0.15, 0.2) is 0 Å². The lowest BCUT2D eigenvalue weighted by Crippen LogP contribution is -2.25. The van der Waals surface area contributed by atoms with Crippen LogP contribution in [0, 0.1) is 5.92 Å². The van der Waals surface area contributed by atoms with Gasteiger partial charge < -0.3 is 9.64 Å². The largest absolute Gasteiger partial charge is 0.496 e. The lowest BCUT2D eigenvalue weighted by atomic mass is 10.1. The van der Waals surface area contributed by atoms with Crippen molar-refractivity contribution in [2.75, 3.05) is 25.1 Å². The van der Waals surface area contributed by atoms with Crippen LogP contribution in [0.3, 0.4) is 0 Å². The van der Waals surface area contributed by atoms with E-state index in [2.05, 4.69) is 10.0 Å². The van der Waals surface area contributed by atoms with Crippen molar-refractivity contribution in [3.8, 4) is 5.75 Å². The molecular formula is C13H13F3N4O2. The van der Waals surface area contributed by atoms with Crippen LogP contribution >= 0.6 is 0 Å². The molecule has 2 rings (SSSR count). The van der Waals surface area contributed by atoms with Crippen molar-refractivity contribution < 1.29 is 22.7 Å². The van der Waals surface area contributed by atoms with E-state index in [9.17, 15) is 18.0 Å². The Morgan fingerprint density at radius 2 is 2.23 bits per heavy atom. The molecule has 0 N–H and O–H groups in total. The number of carbonyl (C=O) groups excluding carboxylic acids is 1. The number of methoxy groups -OCH3 is 1. The number of rotatable bonds is 4. The average molecular weight is 314 g/mol. The number of nitrogens with zero attached hydrogens (tertiary/aromatic N) is 4. The van der Waals surface area contributed by atoms with E-state index >= 15 is 0 Å². The maximum Gasteiger partial charge on any atom is 0.419 e. The third-order valence-electron chi connectivity index (χ3n) is 3.41. The Morgan fingerprint density at radius 3 is 2.82 bits per heavy atom. The van der Waals surface area contributed by atoms with E-state index in [-0.39, 0.29) is 30.5 Å². The van der Waals surface area contributed by atoms with Crippen LogP contribution in [0.4, 0.5) is 18.9 Å². The van der Waals surface area contributed by atoms with Crippen LogP contribution in [-0.4, -0.2) is 26.1 Å². The van der Waals surface area contributed by atoms with Crippen molar-refractivity contribution in [3.05, 3.63) is 34.2 Å². The molecule has 1 aromatic carbocycles. The Hall–Kier alpha value is -2.41. The number of anilines is 1. The van der Waals surface area contributed by atoms with Crippen molar-refractivity contribution in [3.63, 3.8) is 0 Å². The molecule has 0 saturated carbocycles. The lowest BCUT2D eigenvalue weighted by molar-refractivity contribution is -0.138. The average Bonchev–Trinajstić information content (AvgIpc) is 2.84. The van der Waals surface area contributed by atoms with E-state index in [1.807, 2.05) is 0 Å². The van der Waals surface area contributed by atoms with Gasteiger partial charge in [0.1, 0.15) is 5.75 Å². The number of ether oxygens (including phenoxy) is 1. The van der Waals surface area contributed by atoms with Crippen LogP contribution in [0.25, 0.3) is 10.4 Å². The van der Waals surface area contributed by atoms with Crippen molar-refractivity contribution in [2.45, 2.75) is 12.6 Å². The number of azide groups is 1. The molecule has 0 bridgehead atoms. The van der Waals surface area contributed by atoms with E-state index in [4.69, 9.17) is 10.3 Å². The highest BCUT2D eigenvalue weighted by molar-refractivity contribution is 5.96. The first-order chi connectivity index (χ1) is 10.4. The predicted molar refractivity (Wildman–Crippen MR) is 72.5 cm³/mol. The zero-order valence-corrected chi connectivity index (χ0v) is 11.7. The van der Waals surface area contributed by atoms with Gasteiger partial charge in [-0.05, 0) is 23.6 Å².